The lowest BCUT2D eigenvalue weighted by Crippen LogP contribution is -2.06. The highest BCUT2D eigenvalue weighted by atomic mass is 16.1. The van der Waals surface area contributed by atoms with Crippen molar-refractivity contribution in [2.75, 3.05) is 5.32 Å². The summed E-state index contributed by atoms with van der Waals surface area (Å²) in [7, 11) is 0. The molecule has 0 saturated carbocycles. The topological polar surface area (TPSA) is 57.8 Å². The largest absolute Gasteiger partial charge is 0.312 e. The van der Waals surface area contributed by atoms with E-state index >= 15 is 0 Å². The minimum atomic E-state index is -0.471. The van der Waals surface area contributed by atoms with Crippen LogP contribution >= 0.6 is 0 Å². The van der Waals surface area contributed by atoms with Crippen molar-refractivity contribution in [2.45, 2.75) is 0 Å². The van der Waals surface area contributed by atoms with Crippen LogP contribution < -0.4 is 5.32 Å². The monoisotopic (exact) mass is 135 g/mol. The first-order valence-corrected chi connectivity index (χ1v) is 2.59. The van der Waals surface area contributed by atoms with Crippen molar-refractivity contribution in [3.8, 4) is 12.3 Å². The van der Waals surface area contributed by atoms with Crippen molar-refractivity contribution in [3.63, 3.8) is 0 Å². The molecule has 0 spiro atoms. The Labute approximate surface area is 57.6 Å². The molecule has 0 aliphatic carbocycles. The fourth-order valence-electron chi connectivity index (χ4n) is 0.486. The maximum atomic E-state index is 10.5. The third kappa shape index (κ3) is 1.36. The Morgan fingerprint density at radius 3 is 3.20 bits per heavy atom. The van der Waals surface area contributed by atoms with Gasteiger partial charge in [0, 0.05) is 6.20 Å². The van der Waals surface area contributed by atoms with Gasteiger partial charge in [0.05, 0.1) is 11.9 Å². The van der Waals surface area contributed by atoms with Gasteiger partial charge in [-0.3, -0.25) is 9.89 Å². The van der Waals surface area contributed by atoms with Gasteiger partial charge >= 0.3 is 0 Å². The number of anilines is 1. The van der Waals surface area contributed by atoms with Gasteiger partial charge in [-0.1, -0.05) is 0 Å². The zero-order valence-electron chi connectivity index (χ0n) is 5.09. The summed E-state index contributed by atoms with van der Waals surface area (Å²) in [6, 6.07) is 0. The van der Waals surface area contributed by atoms with Gasteiger partial charge < -0.3 is 5.32 Å². The standard InChI is InChI=1S/C6H5N3O/c1-2-6(10)9-5-3-7-8-4-5/h1,3-4H,(H,7,8)(H,9,10). The molecule has 1 aromatic heterocycles. The maximum absolute atomic E-state index is 10.5. The summed E-state index contributed by atoms with van der Waals surface area (Å²) in [4.78, 5) is 10.5. The second kappa shape index (κ2) is 2.69. The molecule has 0 unspecified atom stereocenters. The van der Waals surface area contributed by atoms with Crippen LogP contribution in [0.5, 0.6) is 0 Å². The Bertz CT molecular complexity index is 257. The summed E-state index contributed by atoms with van der Waals surface area (Å²) in [5.41, 5.74) is 0.572. The number of terminal acetylenes is 1. The molecule has 4 nitrogen and oxygen atoms in total. The van der Waals surface area contributed by atoms with Crippen LogP contribution in [0.4, 0.5) is 5.69 Å². The highest BCUT2D eigenvalue weighted by molar-refractivity contribution is 6.03. The average molecular weight is 135 g/mol. The first-order chi connectivity index (χ1) is 4.83. The predicted octanol–water partition coefficient (Wildman–Crippen LogP) is -0.0186. The number of nitrogens with one attached hydrogen (secondary N) is 2. The fraction of sp³-hybridized carbons (Fsp3) is 0. The number of aromatic amines is 1. The van der Waals surface area contributed by atoms with E-state index in [1.54, 1.807) is 0 Å². The van der Waals surface area contributed by atoms with Crippen LogP contribution in [0, 0.1) is 12.3 Å². The summed E-state index contributed by atoms with van der Waals surface area (Å²) < 4.78 is 0. The maximum Gasteiger partial charge on any atom is 0.300 e. The average Bonchev–Trinajstić information content (AvgIpc) is 2.40. The third-order valence-electron chi connectivity index (χ3n) is 0.887. The molecule has 0 aliphatic heterocycles. The number of amides is 1. The molecule has 4 heteroatoms. The van der Waals surface area contributed by atoms with Crippen LogP contribution in [-0.2, 0) is 4.79 Å². The van der Waals surface area contributed by atoms with E-state index < -0.39 is 5.91 Å². The zero-order valence-corrected chi connectivity index (χ0v) is 5.09. The van der Waals surface area contributed by atoms with Gasteiger partial charge in [-0.2, -0.15) is 5.10 Å². The Kier molecular flexibility index (Phi) is 1.71. The molecule has 0 saturated heterocycles. The molecule has 0 aromatic carbocycles. The lowest BCUT2D eigenvalue weighted by molar-refractivity contribution is -0.111. The first kappa shape index (κ1) is 6.36. The van der Waals surface area contributed by atoms with E-state index in [0.29, 0.717) is 5.69 Å². The molecule has 1 aromatic rings. The molecule has 50 valence electrons. The molecule has 10 heavy (non-hydrogen) atoms. The van der Waals surface area contributed by atoms with Crippen LogP contribution in [0.3, 0.4) is 0 Å². The second-order valence-corrected chi connectivity index (χ2v) is 1.59. The zero-order chi connectivity index (χ0) is 7.40. The van der Waals surface area contributed by atoms with E-state index in [4.69, 9.17) is 6.42 Å². The van der Waals surface area contributed by atoms with Crippen molar-refractivity contribution < 1.29 is 4.79 Å². The highest BCUT2D eigenvalue weighted by Crippen LogP contribution is 1.98. The molecule has 1 amide bonds. The quantitative estimate of drug-likeness (QED) is 0.532. The van der Waals surface area contributed by atoms with Gasteiger partial charge in [-0.25, -0.2) is 0 Å². The second-order valence-electron chi connectivity index (χ2n) is 1.59. The Morgan fingerprint density at radius 1 is 1.90 bits per heavy atom. The SMILES string of the molecule is C#CC(=O)Nc1cn[nH]c1. The Hall–Kier alpha value is -1.76. The summed E-state index contributed by atoms with van der Waals surface area (Å²) in [5, 5.41) is 8.53. The molecule has 1 rings (SSSR count). The number of H-pyrrole nitrogens is 1. The van der Waals surface area contributed by atoms with Crippen LogP contribution in [0.25, 0.3) is 0 Å². The van der Waals surface area contributed by atoms with Gasteiger partial charge in [0.25, 0.3) is 5.91 Å². The van der Waals surface area contributed by atoms with Crippen LogP contribution in [0.1, 0.15) is 0 Å². The normalized spacial score (nSPS) is 8.30. The van der Waals surface area contributed by atoms with Gasteiger partial charge in [0.1, 0.15) is 0 Å². The van der Waals surface area contributed by atoms with Crippen molar-refractivity contribution in [1.82, 2.24) is 10.2 Å². The lowest BCUT2D eigenvalue weighted by atomic mass is 10.5. The summed E-state index contributed by atoms with van der Waals surface area (Å²) in [5.74, 6) is 1.44. The number of hydrogen-bond donors (Lipinski definition) is 2. The van der Waals surface area contributed by atoms with E-state index in [1.165, 1.54) is 12.4 Å². The van der Waals surface area contributed by atoms with E-state index in [0.717, 1.165) is 0 Å². The third-order valence-corrected chi connectivity index (χ3v) is 0.887. The molecule has 0 aliphatic rings. The molecular formula is C6H5N3O. The highest BCUT2D eigenvalue weighted by Gasteiger charge is 1.95. The van der Waals surface area contributed by atoms with E-state index in [1.807, 2.05) is 5.92 Å². The van der Waals surface area contributed by atoms with E-state index in [-0.39, 0.29) is 0 Å². The number of carbonyl (C=O) groups is 1. The van der Waals surface area contributed by atoms with Gasteiger partial charge in [0.2, 0.25) is 0 Å². The predicted molar refractivity (Wildman–Crippen MR) is 36.1 cm³/mol. The minimum absolute atomic E-state index is 0.471. The lowest BCUT2D eigenvalue weighted by Gasteiger charge is -1.90. The minimum Gasteiger partial charge on any atom is -0.312 e. The fourth-order valence-corrected chi connectivity index (χ4v) is 0.486. The van der Waals surface area contributed by atoms with E-state index in [2.05, 4.69) is 15.5 Å². The molecular weight excluding hydrogens is 130 g/mol. The van der Waals surface area contributed by atoms with Crippen molar-refractivity contribution in [1.29, 1.82) is 0 Å². The van der Waals surface area contributed by atoms with Crippen molar-refractivity contribution in [3.05, 3.63) is 12.4 Å². The summed E-state index contributed by atoms with van der Waals surface area (Å²) in [6.45, 7) is 0. The van der Waals surface area contributed by atoms with Crippen LogP contribution in [-0.4, -0.2) is 16.1 Å². The number of nitrogens with zero attached hydrogens (tertiary/aromatic N) is 1. The summed E-state index contributed by atoms with van der Waals surface area (Å²) in [6.07, 6.45) is 7.80. The van der Waals surface area contributed by atoms with Crippen LogP contribution in [0.2, 0.25) is 0 Å². The number of rotatable bonds is 1. The molecule has 0 radical (unpaired) electrons. The Balaban J connectivity index is 2.59. The van der Waals surface area contributed by atoms with Gasteiger partial charge in [-0.15, -0.1) is 6.42 Å². The first-order valence-electron chi connectivity index (χ1n) is 2.59. The van der Waals surface area contributed by atoms with Gasteiger partial charge in [-0.05, 0) is 5.92 Å². The van der Waals surface area contributed by atoms with E-state index in [9.17, 15) is 4.79 Å². The smallest absolute Gasteiger partial charge is 0.300 e. The number of carbonyl (C=O) groups excluding carboxylic acids is 1. The number of hydrogen-bond acceptors (Lipinski definition) is 2. The molecule has 2 N–H and O–H groups in total. The van der Waals surface area contributed by atoms with Gasteiger partial charge in [0.15, 0.2) is 0 Å². The van der Waals surface area contributed by atoms with Crippen LogP contribution in [0.15, 0.2) is 12.4 Å². The van der Waals surface area contributed by atoms with Crippen molar-refractivity contribution >= 4 is 11.6 Å². The summed E-state index contributed by atoms with van der Waals surface area (Å²) >= 11 is 0. The van der Waals surface area contributed by atoms with Crippen molar-refractivity contribution in [2.24, 2.45) is 0 Å². The number of aromatic nitrogens is 2. The molecule has 0 fully saturated rings. The Morgan fingerprint density at radius 2 is 2.70 bits per heavy atom. The molecule has 1 heterocycles. The molecule has 0 atom stereocenters. The molecule has 0 bridgehead atoms.